The molecule has 3 aromatic rings. The predicted molar refractivity (Wildman–Crippen MR) is 110 cm³/mol. The average molecular weight is 390 g/mol. The lowest BCUT2D eigenvalue weighted by Gasteiger charge is -2.26. The minimum Gasteiger partial charge on any atom is -0.452 e. The van der Waals surface area contributed by atoms with Crippen LogP contribution in [0, 0.1) is 6.92 Å². The molecule has 0 radical (unpaired) electrons. The van der Waals surface area contributed by atoms with Crippen molar-refractivity contribution < 1.29 is 19.1 Å². The smallest absolute Gasteiger partial charge is 0.339 e. The van der Waals surface area contributed by atoms with Gasteiger partial charge < -0.3 is 14.4 Å². The van der Waals surface area contributed by atoms with Gasteiger partial charge in [0.2, 0.25) is 0 Å². The van der Waals surface area contributed by atoms with Crippen LogP contribution in [0.25, 0.3) is 22.2 Å². The van der Waals surface area contributed by atoms with Gasteiger partial charge in [0.25, 0.3) is 5.91 Å². The Kier molecular flexibility index (Phi) is 5.53. The summed E-state index contributed by atoms with van der Waals surface area (Å²) in [5.74, 6) is -0.739. The van der Waals surface area contributed by atoms with Crippen LogP contribution >= 0.6 is 0 Å². The average Bonchev–Trinajstić information content (AvgIpc) is 2.77. The number of carbonyl (C=O) groups is 2. The molecule has 1 saturated heterocycles. The van der Waals surface area contributed by atoms with Crippen LogP contribution < -0.4 is 0 Å². The van der Waals surface area contributed by atoms with Crippen LogP contribution in [0.3, 0.4) is 0 Å². The molecule has 2 aromatic carbocycles. The number of rotatable bonds is 4. The summed E-state index contributed by atoms with van der Waals surface area (Å²) in [6.45, 7) is 3.79. The number of aromatic nitrogens is 1. The van der Waals surface area contributed by atoms with Crippen molar-refractivity contribution in [3.63, 3.8) is 0 Å². The van der Waals surface area contributed by atoms with Crippen LogP contribution in [0.2, 0.25) is 0 Å². The molecule has 0 aliphatic carbocycles. The Morgan fingerprint density at radius 3 is 2.55 bits per heavy atom. The fourth-order valence-electron chi connectivity index (χ4n) is 3.33. The molecule has 0 saturated carbocycles. The number of pyridine rings is 1. The van der Waals surface area contributed by atoms with E-state index >= 15 is 0 Å². The molecule has 0 bridgehead atoms. The molecule has 1 fully saturated rings. The van der Waals surface area contributed by atoms with E-state index in [-0.39, 0.29) is 12.5 Å². The summed E-state index contributed by atoms with van der Waals surface area (Å²) in [6, 6.07) is 17.1. The van der Waals surface area contributed by atoms with Gasteiger partial charge in [0.05, 0.1) is 30.0 Å². The molecule has 0 N–H and O–H groups in total. The normalized spacial score (nSPS) is 14.0. The van der Waals surface area contributed by atoms with E-state index in [1.807, 2.05) is 55.5 Å². The third-order valence-electron chi connectivity index (χ3n) is 4.97. The van der Waals surface area contributed by atoms with Gasteiger partial charge in [-0.2, -0.15) is 0 Å². The highest BCUT2D eigenvalue weighted by atomic mass is 16.5. The third kappa shape index (κ3) is 4.27. The van der Waals surface area contributed by atoms with Gasteiger partial charge >= 0.3 is 5.97 Å². The molecule has 1 aromatic heterocycles. The fourth-order valence-corrected chi connectivity index (χ4v) is 3.33. The number of fused-ring (bicyclic) bond motifs is 1. The van der Waals surface area contributed by atoms with E-state index < -0.39 is 5.97 Å². The van der Waals surface area contributed by atoms with Crippen molar-refractivity contribution in [2.45, 2.75) is 6.92 Å². The number of amides is 1. The number of carbonyl (C=O) groups excluding carboxylic acids is 2. The largest absolute Gasteiger partial charge is 0.452 e. The summed E-state index contributed by atoms with van der Waals surface area (Å²) in [5, 5.41) is 0.701. The number of hydrogen-bond donors (Lipinski definition) is 0. The Bertz CT molecular complexity index is 1040. The molecule has 0 unspecified atom stereocenters. The standard InChI is InChI=1S/C23H22N2O4/c1-16-6-8-17(9-7-16)21-14-19(18-4-2-3-5-20(18)24-21)23(27)29-15-22(26)25-10-12-28-13-11-25/h2-9,14H,10-13,15H2,1H3. The Balaban J connectivity index is 1.60. The van der Waals surface area contributed by atoms with E-state index in [0.717, 1.165) is 11.1 Å². The van der Waals surface area contributed by atoms with Crippen LogP contribution in [-0.4, -0.2) is 54.7 Å². The molecular formula is C23H22N2O4. The summed E-state index contributed by atoms with van der Waals surface area (Å²) in [6.07, 6.45) is 0. The zero-order valence-electron chi connectivity index (χ0n) is 16.3. The fraction of sp³-hybridized carbons (Fsp3) is 0.261. The van der Waals surface area contributed by atoms with Crippen molar-refractivity contribution in [3.05, 3.63) is 65.7 Å². The highest BCUT2D eigenvalue weighted by molar-refractivity contribution is 6.05. The van der Waals surface area contributed by atoms with E-state index in [2.05, 4.69) is 0 Å². The molecule has 0 atom stereocenters. The van der Waals surface area contributed by atoms with Crippen molar-refractivity contribution in [3.8, 4) is 11.3 Å². The maximum atomic E-state index is 12.8. The maximum absolute atomic E-state index is 12.8. The molecule has 0 spiro atoms. The zero-order valence-corrected chi connectivity index (χ0v) is 16.3. The Labute approximate surface area is 169 Å². The molecule has 6 heteroatoms. The number of aryl methyl sites for hydroxylation is 1. The number of para-hydroxylation sites is 1. The molecule has 1 aliphatic rings. The highest BCUT2D eigenvalue weighted by Gasteiger charge is 2.20. The van der Waals surface area contributed by atoms with Crippen molar-refractivity contribution in [2.75, 3.05) is 32.9 Å². The first-order chi connectivity index (χ1) is 14.1. The lowest BCUT2D eigenvalue weighted by molar-refractivity contribution is -0.138. The van der Waals surface area contributed by atoms with E-state index in [1.54, 1.807) is 11.0 Å². The summed E-state index contributed by atoms with van der Waals surface area (Å²) < 4.78 is 10.6. The van der Waals surface area contributed by atoms with Crippen molar-refractivity contribution in [1.29, 1.82) is 0 Å². The first-order valence-electron chi connectivity index (χ1n) is 9.61. The van der Waals surface area contributed by atoms with Crippen molar-refractivity contribution in [2.24, 2.45) is 0 Å². The van der Waals surface area contributed by atoms with Gasteiger partial charge in [0, 0.05) is 24.0 Å². The van der Waals surface area contributed by atoms with E-state index in [0.29, 0.717) is 48.5 Å². The molecule has 148 valence electrons. The second kappa shape index (κ2) is 8.41. The van der Waals surface area contributed by atoms with E-state index in [9.17, 15) is 9.59 Å². The van der Waals surface area contributed by atoms with Crippen molar-refractivity contribution in [1.82, 2.24) is 9.88 Å². The number of ether oxygens (including phenoxy) is 2. The van der Waals surface area contributed by atoms with Gasteiger partial charge in [-0.3, -0.25) is 4.79 Å². The van der Waals surface area contributed by atoms with Gasteiger partial charge in [-0.1, -0.05) is 48.0 Å². The van der Waals surface area contributed by atoms with Crippen LogP contribution in [0.4, 0.5) is 0 Å². The molecule has 4 rings (SSSR count). The van der Waals surface area contributed by atoms with Gasteiger partial charge in [-0.25, -0.2) is 9.78 Å². The molecular weight excluding hydrogens is 368 g/mol. The quantitative estimate of drug-likeness (QED) is 0.640. The van der Waals surface area contributed by atoms with Crippen LogP contribution in [0.5, 0.6) is 0 Å². The van der Waals surface area contributed by atoms with Crippen LogP contribution in [0.1, 0.15) is 15.9 Å². The molecule has 2 heterocycles. The minimum absolute atomic E-state index is 0.209. The summed E-state index contributed by atoms with van der Waals surface area (Å²) in [7, 11) is 0. The summed E-state index contributed by atoms with van der Waals surface area (Å²) >= 11 is 0. The Hall–Kier alpha value is -3.25. The number of benzene rings is 2. The number of morpholine rings is 1. The first-order valence-corrected chi connectivity index (χ1v) is 9.61. The summed E-state index contributed by atoms with van der Waals surface area (Å²) in [4.78, 5) is 31.5. The predicted octanol–water partition coefficient (Wildman–Crippen LogP) is 3.23. The van der Waals surface area contributed by atoms with Crippen molar-refractivity contribution >= 4 is 22.8 Å². The highest BCUT2D eigenvalue weighted by Crippen LogP contribution is 2.25. The Morgan fingerprint density at radius 1 is 1.07 bits per heavy atom. The van der Waals surface area contributed by atoms with Gasteiger partial charge in [-0.15, -0.1) is 0 Å². The molecule has 1 amide bonds. The number of hydrogen-bond acceptors (Lipinski definition) is 5. The van der Waals surface area contributed by atoms with Gasteiger partial charge in [0.15, 0.2) is 6.61 Å². The third-order valence-corrected chi connectivity index (χ3v) is 4.97. The van der Waals surface area contributed by atoms with E-state index in [1.165, 1.54) is 0 Å². The zero-order chi connectivity index (χ0) is 20.2. The first kappa shape index (κ1) is 19.1. The second-order valence-electron chi connectivity index (χ2n) is 7.01. The maximum Gasteiger partial charge on any atom is 0.339 e. The molecule has 1 aliphatic heterocycles. The SMILES string of the molecule is Cc1ccc(-c2cc(C(=O)OCC(=O)N3CCOCC3)c3ccccc3n2)cc1. The van der Waals surface area contributed by atoms with Crippen LogP contribution in [0.15, 0.2) is 54.6 Å². The second-order valence-corrected chi connectivity index (χ2v) is 7.01. The van der Waals surface area contributed by atoms with Crippen LogP contribution in [-0.2, 0) is 14.3 Å². The molecule has 29 heavy (non-hydrogen) atoms. The lowest BCUT2D eigenvalue weighted by atomic mass is 10.0. The number of esters is 1. The minimum atomic E-state index is -0.529. The monoisotopic (exact) mass is 390 g/mol. The Morgan fingerprint density at radius 2 is 1.79 bits per heavy atom. The van der Waals surface area contributed by atoms with Gasteiger partial charge in [-0.05, 0) is 19.1 Å². The summed E-state index contributed by atoms with van der Waals surface area (Å²) in [5.41, 5.74) is 3.86. The lowest BCUT2D eigenvalue weighted by Crippen LogP contribution is -2.42. The topological polar surface area (TPSA) is 68.7 Å². The van der Waals surface area contributed by atoms with E-state index in [4.69, 9.17) is 14.5 Å². The van der Waals surface area contributed by atoms with Gasteiger partial charge in [0.1, 0.15) is 0 Å². The molecule has 6 nitrogen and oxygen atoms in total. The number of nitrogens with zero attached hydrogens (tertiary/aromatic N) is 2.